The van der Waals surface area contributed by atoms with Crippen molar-refractivity contribution in [2.24, 2.45) is 0 Å². The van der Waals surface area contributed by atoms with E-state index in [4.69, 9.17) is 13.3 Å². The van der Waals surface area contributed by atoms with Crippen molar-refractivity contribution >= 4 is 18.1 Å². The van der Waals surface area contributed by atoms with Gasteiger partial charge in [-0.3, -0.25) is 0 Å². The Kier molecular flexibility index (Phi) is 11.6. The lowest BCUT2D eigenvalue weighted by Crippen LogP contribution is -2.47. The molecule has 101 valence electrons. The molecule has 0 rings (SSSR count). The second-order valence-corrected chi connectivity index (χ2v) is 7.98. The topological polar surface area (TPSA) is 27.7 Å². The minimum absolute atomic E-state index is 0.713. The van der Waals surface area contributed by atoms with Gasteiger partial charge in [0.25, 0.3) is 0 Å². The van der Waals surface area contributed by atoms with E-state index in [0.29, 0.717) is 19.8 Å². The van der Waals surface area contributed by atoms with Crippen LogP contribution in [0, 0.1) is 0 Å². The lowest BCUT2D eigenvalue weighted by atomic mass is 10.4. The summed E-state index contributed by atoms with van der Waals surface area (Å²) in [5.74, 6) is 0. The second kappa shape index (κ2) is 11.4. The fourth-order valence-corrected chi connectivity index (χ4v) is 3.59. The van der Waals surface area contributed by atoms with Gasteiger partial charge in [0, 0.05) is 19.8 Å². The zero-order chi connectivity index (χ0) is 13.0. The summed E-state index contributed by atoms with van der Waals surface area (Å²) < 4.78 is 17.3. The van der Waals surface area contributed by atoms with Crippen LogP contribution in [0.1, 0.15) is 59.3 Å². The van der Waals surface area contributed by atoms with Crippen LogP contribution in [-0.2, 0) is 13.3 Å². The van der Waals surface area contributed by atoms with Crippen molar-refractivity contribution in [3.63, 3.8) is 0 Å². The van der Waals surface area contributed by atoms with Crippen molar-refractivity contribution in [1.29, 1.82) is 0 Å². The third-order valence-corrected chi connectivity index (χ3v) is 5.42. The third-order valence-electron chi connectivity index (χ3n) is 2.37. The molecule has 0 aliphatic rings. The molecule has 0 spiro atoms. The van der Waals surface area contributed by atoms with Gasteiger partial charge in [0.2, 0.25) is 0 Å². The maximum Gasteiger partial charge on any atom is 0.460 e. The molecule has 0 aliphatic heterocycles. The van der Waals surface area contributed by atoms with Crippen molar-refractivity contribution in [3.05, 3.63) is 0 Å². The van der Waals surface area contributed by atoms with Crippen LogP contribution in [0.15, 0.2) is 0 Å². The molecule has 0 atom stereocenters. The van der Waals surface area contributed by atoms with Gasteiger partial charge < -0.3 is 13.3 Å². The molecule has 17 heavy (non-hydrogen) atoms. The molecule has 3 nitrogen and oxygen atoms in total. The second-order valence-electron chi connectivity index (χ2n) is 4.16. The molecule has 0 saturated carbocycles. The highest BCUT2D eigenvalue weighted by Gasteiger charge is 2.33. The molecule has 0 N–H and O–H groups in total. The first kappa shape index (κ1) is 17.3. The molecule has 0 fully saturated rings. The summed E-state index contributed by atoms with van der Waals surface area (Å²) in [7, 11) is 1.05. The maximum absolute atomic E-state index is 5.77. The summed E-state index contributed by atoms with van der Waals surface area (Å²) in [4.78, 5) is 0. The standard InChI is InChI=1S/C12H27O3Si2/c1-4-7-10-13-17(16,14-11-8-5-2)15-12-9-6-3/h4-12H2,1-3H3. The summed E-state index contributed by atoms with van der Waals surface area (Å²) >= 11 is 0. The number of unbranched alkanes of at least 4 members (excludes halogenated alkanes) is 3. The van der Waals surface area contributed by atoms with Crippen molar-refractivity contribution in [2.75, 3.05) is 19.8 Å². The summed E-state index contributed by atoms with van der Waals surface area (Å²) in [6.45, 7) is 8.59. The average molecular weight is 276 g/mol. The van der Waals surface area contributed by atoms with E-state index in [1.165, 1.54) is 0 Å². The van der Waals surface area contributed by atoms with Gasteiger partial charge in [-0.05, 0) is 19.3 Å². The molecular formula is C12H27O3Si2. The van der Waals surface area contributed by atoms with E-state index < -0.39 is 8.32 Å². The minimum Gasteiger partial charge on any atom is -0.377 e. The number of hydrogen-bond acceptors (Lipinski definition) is 3. The highest BCUT2D eigenvalue weighted by molar-refractivity contribution is 7.05. The highest BCUT2D eigenvalue weighted by atomic mass is 29.2. The molecule has 0 aliphatic carbocycles. The smallest absolute Gasteiger partial charge is 0.377 e. The molecule has 0 amide bonds. The molecule has 0 unspecified atom stereocenters. The largest absolute Gasteiger partial charge is 0.460 e. The van der Waals surface area contributed by atoms with Crippen LogP contribution in [-0.4, -0.2) is 37.9 Å². The van der Waals surface area contributed by atoms with E-state index in [-0.39, 0.29) is 0 Å². The van der Waals surface area contributed by atoms with Gasteiger partial charge in [0.1, 0.15) is 9.76 Å². The molecule has 0 bridgehead atoms. The Hall–Kier alpha value is 0.314. The fraction of sp³-hybridized carbons (Fsp3) is 1.00. The molecule has 0 aromatic rings. The van der Waals surface area contributed by atoms with Gasteiger partial charge >= 0.3 is 8.32 Å². The molecule has 3 radical (unpaired) electrons. The van der Waals surface area contributed by atoms with E-state index in [2.05, 4.69) is 30.5 Å². The van der Waals surface area contributed by atoms with Crippen molar-refractivity contribution in [2.45, 2.75) is 59.3 Å². The Morgan fingerprint density at radius 3 is 1.24 bits per heavy atom. The van der Waals surface area contributed by atoms with Crippen LogP contribution >= 0.6 is 0 Å². The van der Waals surface area contributed by atoms with Gasteiger partial charge in [-0.2, -0.15) is 0 Å². The molecular weight excluding hydrogens is 248 g/mol. The summed E-state index contributed by atoms with van der Waals surface area (Å²) in [5, 5.41) is 0. The van der Waals surface area contributed by atoms with Crippen LogP contribution in [0.5, 0.6) is 0 Å². The van der Waals surface area contributed by atoms with Gasteiger partial charge in [-0.25, -0.2) is 0 Å². The van der Waals surface area contributed by atoms with E-state index in [0.717, 1.165) is 38.5 Å². The van der Waals surface area contributed by atoms with Crippen LogP contribution < -0.4 is 0 Å². The minimum atomic E-state index is -2.56. The van der Waals surface area contributed by atoms with Gasteiger partial charge in [-0.1, -0.05) is 40.0 Å². The number of hydrogen-bond donors (Lipinski definition) is 0. The van der Waals surface area contributed by atoms with E-state index >= 15 is 0 Å². The summed E-state index contributed by atoms with van der Waals surface area (Å²) in [6.07, 6.45) is 6.52. The van der Waals surface area contributed by atoms with E-state index in [9.17, 15) is 0 Å². The van der Waals surface area contributed by atoms with Gasteiger partial charge in [0.05, 0.1) is 0 Å². The van der Waals surface area contributed by atoms with Crippen molar-refractivity contribution < 1.29 is 13.3 Å². The predicted molar refractivity (Wildman–Crippen MR) is 74.1 cm³/mol. The Morgan fingerprint density at radius 2 is 1.00 bits per heavy atom. The molecule has 0 aromatic heterocycles. The monoisotopic (exact) mass is 275 g/mol. The molecule has 0 saturated heterocycles. The zero-order valence-electron chi connectivity index (χ0n) is 11.6. The zero-order valence-corrected chi connectivity index (χ0v) is 13.6. The average Bonchev–Trinajstić information content (AvgIpc) is 2.30. The normalized spacial score (nSPS) is 12.0. The molecule has 0 aromatic carbocycles. The maximum atomic E-state index is 5.77. The van der Waals surface area contributed by atoms with Crippen LogP contribution in [0.4, 0.5) is 0 Å². The van der Waals surface area contributed by atoms with Crippen molar-refractivity contribution in [1.82, 2.24) is 0 Å². The fourth-order valence-electron chi connectivity index (χ4n) is 1.18. The lowest BCUT2D eigenvalue weighted by Gasteiger charge is -2.26. The Morgan fingerprint density at radius 1 is 0.706 bits per heavy atom. The van der Waals surface area contributed by atoms with Crippen LogP contribution in [0.25, 0.3) is 0 Å². The quantitative estimate of drug-likeness (QED) is 0.405. The first-order valence-electron chi connectivity index (χ1n) is 6.85. The van der Waals surface area contributed by atoms with E-state index in [1.807, 2.05) is 0 Å². The van der Waals surface area contributed by atoms with Crippen LogP contribution in [0.3, 0.4) is 0 Å². The van der Waals surface area contributed by atoms with E-state index in [1.54, 1.807) is 0 Å². The summed E-state index contributed by atoms with van der Waals surface area (Å²) in [5.41, 5.74) is 0. The SMILES string of the molecule is CCCCO[Si]([Si])(OCCCC)OCCCC. The predicted octanol–water partition coefficient (Wildman–Crippen LogP) is 3.04. The first-order valence-corrected chi connectivity index (χ1v) is 10.1. The molecule has 5 heteroatoms. The molecule has 0 heterocycles. The Bertz CT molecular complexity index is 141. The summed E-state index contributed by atoms with van der Waals surface area (Å²) in [6, 6.07) is 0. The highest BCUT2D eigenvalue weighted by Crippen LogP contribution is 2.09. The first-order chi connectivity index (χ1) is 8.18. The van der Waals surface area contributed by atoms with Gasteiger partial charge in [-0.15, -0.1) is 0 Å². The Labute approximate surface area is 111 Å². The third kappa shape index (κ3) is 9.97. The lowest BCUT2D eigenvalue weighted by molar-refractivity contribution is 0.0778. The number of rotatable bonds is 12. The Balaban J connectivity index is 3.95. The van der Waals surface area contributed by atoms with Crippen molar-refractivity contribution in [3.8, 4) is 0 Å². The van der Waals surface area contributed by atoms with Gasteiger partial charge in [0.15, 0.2) is 0 Å². The van der Waals surface area contributed by atoms with Crippen LogP contribution in [0.2, 0.25) is 0 Å².